The van der Waals surface area contributed by atoms with E-state index < -0.39 is 12.1 Å². The number of likely N-dealkylation sites (tertiary alicyclic amines) is 1. The molecule has 2 aliphatic rings. The fraction of sp³-hybridized carbons (Fsp3) is 0.750. The Balaban J connectivity index is 1.82. The molecule has 0 radical (unpaired) electrons. The first-order valence-electron chi connectivity index (χ1n) is 6.72. The Bertz CT molecular complexity index is 379. The number of carbonyl (C=O) groups excluding carboxylic acids is 3. The molecule has 7 nitrogen and oxygen atoms in total. The lowest BCUT2D eigenvalue weighted by Gasteiger charge is -2.22. The van der Waals surface area contributed by atoms with Gasteiger partial charge in [0.05, 0.1) is 12.5 Å². The Labute approximate surface area is 111 Å². The summed E-state index contributed by atoms with van der Waals surface area (Å²) in [6, 6.07) is -0.957. The van der Waals surface area contributed by atoms with E-state index in [-0.39, 0.29) is 24.3 Å². The Morgan fingerprint density at radius 1 is 1.26 bits per heavy atom. The fourth-order valence-electron chi connectivity index (χ4n) is 2.79. The van der Waals surface area contributed by atoms with Crippen molar-refractivity contribution in [3.8, 4) is 0 Å². The first kappa shape index (κ1) is 13.8. The Morgan fingerprint density at radius 3 is 2.58 bits per heavy atom. The number of nitrogens with one attached hydrogen (secondary N) is 2. The first-order chi connectivity index (χ1) is 9.09. The van der Waals surface area contributed by atoms with Crippen molar-refractivity contribution in [3.05, 3.63) is 0 Å². The second-order valence-electron chi connectivity index (χ2n) is 5.04. The maximum absolute atomic E-state index is 12.2. The van der Waals surface area contributed by atoms with Gasteiger partial charge in [-0.1, -0.05) is 12.8 Å². The van der Waals surface area contributed by atoms with Crippen molar-refractivity contribution in [2.45, 2.75) is 44.2 Å². The lowest BCUT2D eigenvalue weighted by Crippen LogP contribution is -2.45. The highest BCUT2D eigenvalue weighted by Gasteiger charge is 2.42. The van der Waals surface area contributed by atoms with E-state index in [1.54, 1.807) is 0 Å². The third-order valence-corrected chi connectivity index (χ3v) is 3.69. The molecule has 2 fully saturated rings. The summed E-state index contributed by atoms with van der Waals surface area (Å²) in [5, 5.41) is 5.42. The highest BCUT2D eigenvalue weighted by Crippen LogP contribution is 2.27. The van der Waals surface area contributed by atoms with Crippen LogP contribution in [0.3, 0.4) is 0 Å². The topological polar surface area (TPSA) is 105 Å². The molecule has 0 spiro atoms. The minimum Gasteiger partial charge on any atom is -0.352 e. The zero-order valence-corrected chi connectivity index (χ0v) is 10.9. The summed E-state index contributed by atoms with van der Waals surface area (Å²) < 4.78 is 0. The number of nitrogens with zero attached hydrogens (tertiary/aromatic N) is 1. The van der Waals surface area contributed by atoms with E-state index in [1.807, 2.05) is 0 Å². The number of hydrogen-bond donors (Lipinski definition) is 3. The monoisotopic (exact) mass is 268 g/mol. The number of nitrogens with two attached hydrogens (primary N) is 1. The number of carbonyl (C=O) groups is 3. The summed E-state index contributed by atoms with van der Waals surface area (Å²) in [7, 11) is 0. The van der Waals surface area contributed by atoms with Gasteiger partial charge in [-0.05, 0) is 12.8 Å². The summed E-state index contributed by atoms with van der Waals surface area (Å²) in [6.07, 6.45) is 4.23. The largest absolute Gasteiger partial charge is 0.352 e. The number of primary amides is 1. The standard InChI is InChI=1S/C12H20N4O3/c13-12(19)15-6-5-14-9-7-10(17)16(11(9)18)8-3-1-2-4-8/h8-9,14H,1-7H2,(H3,13,15,19). The molecule has 106 valence electrons. The van der Waals surface area contributed by atoms with Crippen LogP contribution in [-0.2, 0) is 9.59 Å². The fourth-order valence-corrected chi connectivity index (χ4v) is 2.79. The van der Waals surface area contributed by atoms with Crippen LogP contribution in [0.4, 0.5) is 4.79 Å². The molecule has 1 aliphatic carbocycles. The summed E-state index contributed by atoms with van der Waals surface area (Å²) in [5.41, 5.74) is 4.93. The van der Waals surface area contributed by atoms with Gasteiger partial charge in [0.15, 0.2) is 0 Å². The molecule has 4 N–H and O–H groups in total. The predicted molar refractivity (Wildman–Crippen MR) is 68.1 cm³/mol. The second kappa shape index (κ2) is 6.01. The van der Waals surface area contributed by atoms with Crippen LogP contribution in [0, 0.1) is 0 Å². The van der Waals surface area contributed by atoms with Crippen LogP contribution in [0.1, 0.15) is 32.1 Å². The molecule has 0 aromatic rings. The zero-order chi connectivity index (χ0) is 13.8. The lowest BCUT2D eigenvalue weighted by molar-refractivity contribution is -0.141. The molecule has 1 atom stereocenters. The maximum Gasteiger partial charge on any atom is 0.312 e. The molecule has 1 heterocycles. The SMILES string of the molecule is NC(=O)NCCNC1CC(=O)N(C2CCCC2)C1=O. The van der Waals surface area contributed by atoms with Crippen molar-refractivity contribution in [2.75, 3.05) is 13.1 Å². The van der Waals surface area contributed by atoms with E-state index in [1.165, 1.54) is 4.90 Å². The molecule has 1 aliphatic heterocycles. The van der Waals surface area contributed by atoms with E-state index in [4.69, 9.17) is 5.73 Å². The predicted octanol–water partition coefficient (Wildman–Crippen LogP) is -0.686. The average molecular weight is 268 g/mol. The van der Waals surface area contributed by atoms with Gasteiger partial charge in [-0.25, -0.2) is 4.79 Å². The quantitative estimate of drug-likeness (QED) is 0.453. The number of urea groups is 1. The Kier molecular flexibility index (Phi) is 4.36. The number of imide groups is 1. The molecule has 1 saturated heterocycles. The van der Waals surface area contributed by atoms with Gasteiger partial charge in [0.25, 0.3) is 0 Å². The van der Waals surface area contributed by atoms with Gasteiger partial charge in [-0.2, -0.15) is 0 Å². The van der Waals surface area contributed by atoms with Crippen LogP contribution in [0.25, 0.3) is 0 Å². The average Bonchev–Trinajstić information content (AvgIpc) is 2.94. The van der Waals surface area contributed by atoms with Gasteiger partial charge in [0.1, 0.15) is 0 Å². The van der Waals surface area contributed by atoms with Crippen LogP contribution in [-0.4, -0.2) is 47.9 Å². The minimum atomic E-state index is -0.594. The Morgan fingerprint density at radius 2 is 1.95 bits per heavy atom. The van der Waals surface area contributed by atoms with Gasteiger partial charge in [0, 0.05) is 19.1 Å². The van der Waals surface area contributed by atoms with Crippen LogP contribution in [0.5, 0.6) is 0 Å². The third-order valence-electron chi connectivity index (χ3n) is 3.69. The second-order valence-corrected chi connectivity index (χ2v) is 5.04. The van der Waals surface area contributed by atoms with Crippen LogP contribution >= 0.6 is 0 Å². The van der Waals surface area contributed by atoms with Gasteiger partial charge < -0.3 is 16.4 Å². The van der Waals surface area contributed by atoms with Crippen molar-refractivity contribution < 1.29 is 14.4 Å². The van der Waals surface area contributed by atoms with E-state index in [2.05, 4.69) is 10.6 Å². The molecular weight excluding hydrogens is 248 g/mol. The zero-order valence-electron chi connectivity index (χ0n) is 10.9. The lowest BCUT2D eigenvalue weighted by atomic mass is 10.2. The summed E-state index contributed by atoms with van der Waals surface area (Å²) in [6.45, 7) is 0.766. The summed E-state index contributed by atoms with van der Waals surface area (Å²) >= 11 is 0. The molecule has 1 saturated carbocycles. The molecular formula is C12H20N4O3. The van der Waals surface area contributed by atoms with Crippen molar-refractivity contribution in [1.82, 2.24) is 15.5 Å². The van der Waals surface area contributed by atoms with Gasteiger partial charge >= 0.3 is 6.03 Å². The van der Waals surface area contributed by atoms with Crippen molar-refractivity contribution in [2.24, 2.45) is 5.73 Å². The molecule has 0 bridgehead atoms. The van der Waals surface area contributed by atoms with Crippen LogP contribution < -0.4 is 16.4 Å². The smallest absolute Gasteiger partial charge is 0.312 e. The van der Waals surface area contributed by atoms with E-state index in [9.17, 15) is 14.4 Å². The van der Waals surface area contributed by atoms with E-state index in [0.717, 1.165) is 25.7 Å². The third kappa shape index (κ3) is 3.23. The molecule has 2 rings (SSSR count). The minimum absolute atomic E-state index is 0.0859. The van der Waals surface area contributed by atoms with Crippen LogP contribution in [0.15, 0.2) is 0 Å². The van der Waals surface area contributed by atoms with Crippen molar-refractivity contribution >= 4 is 17.8 Å². The van der Waals surface area contributed by atoms with Gasteiger partial charge in [-0.3, -0.25) is 14.5 Å². The van der Waals surface area contributed by atoms with Crippen LogP contribution in [0.2, 0.25) is 0 Å². The summed E-state index contributed by atoms with van der Waals surface area (Å²) in [5.74, 6) is -0.215. The van der Waals surface area contributed by atoms with E-state index in [0.29, 0.717) is 13.1 Å². The normalized spacial score (nSPS) is 24.2. The van der Waals surface area contributed by atoms with Crippen molar-refractivity contribution in [1.29, 1.82) is 0 Å². The molecule has 0 aromatic heterocycles. The van der Waals surface area contributed by atoms with Gasteiger partial charge in [0.2, 0.25) is 11.8 Å². The molecule has 7 heteroatoms. The molecule has 19 heavy (non-hydrogen) atoms. The highest BCUT2D eigenvalue weighted by atomic mass is 16.2. The Hall–Kier alpha value is -1.63. The number of amides is 4. The first-order valence-corrected chi connectivity index (χ1v) is 6.72. The molecule has 1 unspecified atom stereocenters. The highest BCUT2D eigenvalue weighted by molar-refractivity contribution is 6.05. The van der Waals surface area contributed by atoms with Gasteiger partial charge in [-0.15, -0.1) is 0 Å². The number of rotatable bonds is 5. The van der Waals surface area contributed by atoms with Crippen molar-refractivity contribution in [3.63, 3.8) is 0 Å². The molecule has 0 aromatic carbocycles. The summed E-state index contributed by atoms with van der Waals surface area (Å²) in [4.78, 5) is 36.0. The maximum atomic E-state index is 12.2. The number of hydrogen-bond acceptors (Lipinski definition) is 4. The molecule has 4 amide bonds. The van der Waals surface area contributed by atoms with E-state index >= 15 is 0 Å².